The van der Waals surface area contributed by atoms with Gasteiger partial charge in [-0.1, -0.05) is 18.2 Å². The highest BCUT2D eigenvalue weighted by Gasteiger charge is 2.18. The number of carbonyl (C=O) groups is 2. The van der Waals surface area contributed by atoms with Crippen molar-refractivity contribution >= 4 is 23.2 Å². The number of anilines is 2. The Balaban J connectivity index is 2.08. The Kier molecular flexibility index (Phi) is 6.39. The Morgan fingerprint density at radius 2 is 1.76 bits per heavy atom. The molecule has 0 aliphatic rings. The summed E-state index contributed by atoms with van der Waals surface area (Å²) >= 11 is 0. The minimum absolute atomic E-state index is 0.261. The molecule has 6 nitrogen and oxygen atoms in total. The maximum absolute atomic E-state index is 12.5. The smallest absolute Gasteiger partial charge is 0.236 e. The van der Waals surface area contributed by atoms with E-state index < -0.39 is 5.91 Å². The number of ether oxygens (including phenoxy) is 2. The minimum atomic E-state index is -0.411. The number of benzene rings is 2. The molecule has 0 unspecified atom stereocenters. The van der Waals surface area contributed by atoms with Crippen LogP contribution in [0.3, 0.4) is 0 Å². The molecule has 0 aliphatic carbocycles. The standard InChI is InChI=1S/C19H22N2O4/c1-4-21(14-8-6-5-7-9-14)19(23)13-18(22)20-16-12-15(24-2)10-11-17(16)25-3/h5-12H,4,13H2,1-3H3,(H,20,22). The summed E-state index contributed by atoms with van der Waals surface area (Å²) in [4.78, 5) is 26.3. The van der Waals surface area contributed by atoms with E-state index in [9.17, 15) is 9.59 Å². The molecule has 0 saturated heterocycles. The van der Waals surface area contributed by atoms with E-state index in [1.54, 1.807) is 23.1 Å². The van der Waals surface area contributed by atoms with Crippen LogP contribution in [0.4, 0.5) is 11.4 Å². The molecule has 1 N–H and O–H groups in total. The fourth-order valence-electron chi connectivity index (χ4n) is 2.45. The fraction of sp³-hybridized carbons (Fsp3) is 0.263. The van der Waals surface area contributed by atoms with Crippen LogP contribution in [-0.2, 0) is 9.59 Å². The molecule has 0 radical (unpaired) electrons. The second-order valence-electron chi connectivity index (χ2n) is 5.26. The second kappa shape index (κ2) is 8.73. The first kappa shape index (κ1) is 18.3. The highest BCUT2D eigenvalue weighted by atomic mass is 16.5. The van der Waals surface area contributed by atoms with Gasteiger partial charge in [0.25, 0.3) is 0 Å². The van der Waals surface area contributed by atoms with Crippen LogP contribution in [-0.4, -0.2) is 32.6 Å². The number of hydrogen-bond donors (Lipinski definition) is 1. The van der Waals surface area contributed by atoms with Gasteiger partial charge >= 0.3 is 0 Å². The average Bonchev–Trinajstić information content (AvgIpc) is 2.63. The normalized spacial score (nSPS) is 10.0. The van der Waals surface area contributed by atoms with Crippen molar-refractivity contribution in [3.05, 3.63) is 48.5 Å². The molecule has 0 heterocycles. The molecule has 0 spiro atoms. The van der Waals surface area contributed by atoms with E-state index in [1.807, 2.05) is 37.3 Å². The second-order valence-corrected chi connectivity index (χ2v) is 5.26. The summed E-state index contributed by atoms with van der Waals surface area (Å²) in [7, 11) is 3.05. The van der Waals surface area contributed by atoms with E-state index in [0.29, 0.717) is 23.7 Å². The third kappa shape index (κ3) is 4.73. The average molecular weight is 342 g/mol. The number of hydrogen-bond acceptors (Lipinski definition) is 4. The summed E-state index contributed by atoms with van der Waals surface area (Å²) in [6.45, 7) is 2.35. The highest BCUT2D eigenvalue weighted by molar-refractivity contribution is 6.09. The fourth-order valence-corrected chi connectivity index (χ4v) is 2.45. The zero-order valence-corrected chi connectivity index (χ0v) is 14.6. The molecule has 0 aromatic heterocycles. The first-order valence-corrected chi connectivity index (χ1v) is 7.96. The van der Waals surface area contributed by atoms with Crippen LogP contribution in [0.5, 0.6) is 11.5 Å². The van der Waals surface area contributed by atoms with Crippen molar-refractivity contribution in [3.63, 3.8) is 0 Å². The van der Waals surface area contributed by atoms with E-state index in [4.69, 9.17) is 9.47 Å². The van der Waals surface area contributed by atoms with E-state index in [0.717, 1.165) is 5.69 Å². The van der Waals surface area contributed by atoms with Crippen LogP contribution in [0.2, 0.25) is 0 Å². The van der Waals surface area contributed by atoms with Crippen molar-refractivity contribution in [2.75, 3.05) is 31.0 Å². The predicted octanol–water partition coefficient (Wildman–Crippen LogP) is 3.09. The van der Waals surface area contributed by atoms with E-state index in [2.05, 4.69) is 5.32 Å². The summed E-state index contributed by atoms with van der Waals surface area (Å²) in [5, 5.41) is 2.71. The van der Waals surface area contributed by atoms with Gasteiger partial charge in [0.2, 0.25) is 11.8 Å². The zero-order valence-electron chi connectivity index (χ0n) is 14.6. The molecule has 0 fully saturated rings. The summed E-state index contributed by atoms with van der Waals surface area (Å²) in [5.41, 5.74) is 1.23. The molecule has 2 rings (SSSR count). The van der Waals surface area contributed by atoms with Crippen molar-refractivity contribution in [1.82, 2.24) is 0 Å². The summed E-state index contributed by atoms with van der Waals surface area (Å²) in [5.74, 6) is 0.401. The zero-order chi connectivity index (χ0) is 18.2. The summed E-state index contributed by atoms with van der Waals surface area (Å²) in [6, 6.07) is 14.3. The molecule has 2 amide bonds. The van der Waals surface area contributed by atoms with Gasteiger partial charge in [0.05, 0.1) is 19.9 Å². The molecule has 2 aromatic rings. The molecule has 25 heavy (non-hydrogen) atoms. The van der Waals surface area contributed by atoms with Crippen LogP contribution in [0.25, 0.3) is 0 Å². The van der Waals surface area contributed by atoms with Gasteiger partial charge in [-0.3, -0.25) is 9.59 Å². The number of methoxy groups -OCH3 is 2. The van der Waals surface area contributed by atoms with Crippen molar-refractivity contribution in [2.24, 2.45) is 0 Å². The van der Waals surface area contributed by atoms with Gasteiger partial charge in [0, 0.05) is 18.3 Å². The molecular formula is C19H22N2O4. The lowest BCUT2D eigenvalue weighted by atomic mass is 10.2. The van der Waals surface area contributed by atoms with Crippen molar-refractivity contribution in [2.45, 2.75) is 13.3 Å². The number of nitrogens with one attached hydrogen (secondary N) is 1. The highest BCUT2D eigenvalue weighted by Crippen LogP contribution is 2.29. The Bertz CT molecular complexity index is 731. The SMILES string of the molecule is CCN(C(=O)CC(=O)Nc1cc(OC)ccc1OC)c1ccccc1. The van der Waals surface area contributed by atoms with Gasteiger partial charge in [-0.15, -0.1) is 0 Å². The Morgan fingerprint density at radius 1 is 1.04 bits per heavy atom. The molecule has 132 valence electrons. The van der Waals surface area contributed by atoms with Gasteiger partial charge in [-0.05, 0) is 31.2 Å². The number of amides is 2. The number of para-hydroxylation sites is 1. The number of nitrogens with zero attached hydrogens (tertiary/aromatic N) is 1. The lowest BCUT2D eigenvalue weighted by Gasteiger charge is -2.21. The Morgan fingerprint density at radius 3 is 2.36 bits per heavy atom. The first-order chi connectivity index (χ1) is 12.1. The van der Waals surface area contributed by atoms with Gasteiger partial charge in [-0.2, -0.15) is 0 Å². The number of rotatable bonds is 7. The Hall–Kier alpha value is -3.02. The molecule has 0 bridgehead atoms. The molecule has 6 heteroatoms. The monoisotopic (exact) mass is 342 g/mol. The quantitative estimate of drug-likeness (QED) is 0.785. The van der Waals surface area contributed by atoms with Crippen LogP contribution >= 0.6 is 0 Å². The topological polar surface area (TPSA) is 67.9 Å². The third-order valence-corrected chi connectivity index (χ3v) is 3.68. The lowest BCUT2D eigenvalue weighted by molar-refractivity contribution is -0.125. The Labute approximate surface area is 147 Å². The van der Waals surface area contributed by atoms with Gasteiger partial charge in [-0.25, -0.2) is 0 Å². The van der Waals surface area contributed by atoms with E-state index in [-0.39, 0.29) is 12.3 Å². The minimum Gasteiger partial charge on any atom is -0.497 e. The van der Waals surface area contributed by atoms with E-state index in [1.165, 1.54) is 14.2 Å². The molecule has 0 saturated carbocycles. The maximum atomic E-state index is 12.5. The first-order valence-electron chi connectivity index (χ1n) is 7.96. The van der Waals surface area contributed by atoms with Crippen LogP contribution in [0, 0.1) is 0 Å². The maximum Gasteiger partial charge on any atom is 0.236 e. The molecular weight excluding hydrogens is 320 g/mol. The lowest BCUT2D eigenvalue weighted by Crippen LogP contribution is -2.33. The summed E-state index contributed by atoms with van der Waals surface area (Å²) < 4.78 is 10.4. The number of carbonyl (C=O) groups excluding carboxylic acids is 2. The van der Waals surface area contributed by atoms with Crippen LogP contribution in [0.15, 0.2) is 48.5 Å². The summed E-state index contributed by atoms with van der Waals surface area (Å²) in [6.07, 6.45) is -0.261. The van der Waals surface area contributed by atoms with Gasteiger partial charge in [0.1, 0.15) is 17.9 Å². The predicted molar refractivity (Wildman–Crippen MR) is 97.3 cm³/mol. The van der Waals surface area contributed by atoms with Crippen molar-refractivity contribution < 1.29 is 19.1 Å². The van der Waals surface area contributed by atoms with Crippen LogP contribution < -0.4 is 19.7 Å². The molecule has 0 atom stereocenters. The van der Waals surface area contributed by atoms with Crippen molar-refractivity contribution in [1.29, 1.82) is 0 Å². The van der Waals surface area contributed by atoms with Crippen molar-refractivity contribution in [3.8, 4) is 11.5 Å². The van der Waals surface area contributed by atoms with E-state index >= 15 is 0 Å². The van der Waals surface area contributed by atoms with Gasteiger partial charge in [0.15, 0.2) is 0 Å². The van der Waals surface area contributed by atoms with Crippen LogP contribution in [0.1, 0.15) is 13.3 Å². The third-order valence-electron chi connectivity index (χ3n) is 3.68. The molecule has 2 aromatic carbocycles. The van der Waals surface area contributed by atoms with Gasteiger partial charge < -0.3 is 19.7 Å². The largest absolute Gasteiger partial charge is 0.497 e. The molecule has 0 aliphatic heterocycles.